The number of nitrogens with one attached hydrogen (secondary N) is 2. The summed E-state index contributed by atoms with van der Waals surface area (Å²) in [5.41, 5.74) is 3.33. The normalized spacial score (nSPS) is 19.7. The van der Waals surface area contributed by atoms with Crippen LogP contribution in [0.5, 0.6) is 5.75 Å². The van der Waals surface area contributed by atoms with Gasteiger partial charge in [0.1, 0.15) is 23.1 Å². The first kappa shape index (κ1) is 24.1. The summed E-state index contributed by atoms with van der Waals surface area (Å²) in [4.78, 5) is 33.6. The zero-order valence-corrected chi connectivity index (χ0v) is 22.2. The molecule has 204 valence electrons. The number of carbonyl (C=O) groups is 2. The van der Waals surface area contributed by atoms with Crippen LogP contribution in [-0.4, -0.2) is 60.4 Å². The number of tetrazole rings is 1. The van der Waals surface area contributed by atoms with Crippen molar-refractivity contribution in [1.29, 1.82) is 0 Å². The molecular formula is C31H27N7O3. The third-order valence-electron chi connectivity index (χ3n) is 8.60. The number of para-hydroxylation sites is 1. The van der Waals surface area contributed by atoms with Crippen LogP contribution < -0.4 is 10.1 Å². The van der Waals surface area contributed by atoms with E-state index in [2.05, 4.69) is 42.6 Å². The second kappa shape index (κ2) is 9.17. The number of rotatable bonds is 5. The van der Waals surface area contributed by atoms with Crippen molar-refractivity contribution in [1.82, 2.24) is 35.5 Å². The fraction of sp³-hybridized carbons (Fsp3) is 0.290. The Bertz CT molecular complexity index is 1800. The number of hydrogen-bond donors (Lipinski definition) is 2. The SMILES string of the molecule is O=C(c1ccc2c(c1)nc(C1CC1)n2-c1ccccc1)[C@@H]1C(=O)c2cc(-c3nnn[nH]3)ccc2OC12CCNCC2. The highest BCUT2D eigenvalue weighted by Gasteiger charge is 2.53. The summed E-state index contributed by atoms with van der Waals surface area (Å²) in [6, 6.07) is 21.1. The summed E-state index contributed by atoms with van der Waals surface area (Å²) in [6.07, 6.45) is 3.33. The fourth-order valence-electron chi connectivity index (χ4n) is 6.39. The van der Waals surface area contributed by atoms with E-state index in [1.807, 2.05) is 42.5 Å². The zero-order valence-electron chi connectivity index (χ0n) is 22.2. The van der Waals surface area contributed by atoms with Gasteiger partial charge in [-0.05, 0) is 84.9 Å². The molecule has 8 rings (SSSR count). The van der Waals surface area contributed by atoms with E-state index in [4.69, 9.17) is 9.72 Å². The number of aromatic amines is 1. The van der Waals surface area contributed by atoms with E-state index in [1.54, 1.807) is 12.1 Å². The Morgan fingerprint density at radius 2 is 1.83 bits per heavy atom. The highest BCUT2D eigenvalue weighted by Crippen LogP contribution is 2.45. The number of ether oxygens (including phenoxy) is 1. The first-order valence-corrected chi connectivity index (χ1v) is 14.1. The van der Waals surface area contributed by atoms with Gasteiger partial charge in [-0.3, -0.25) is 14.2 Å². The predicted octanol–water partition coefficient (Wildman–Crippen LogP) is 4.28. The largest absolute Gasteiger partial charge is 0.485 e. The summed E-state index contributed by atoms with van der Waals surface area (Å²) >= 11 is 0. The fourth-order valence-corrected chi connectivity index (χ4v) is 6.39. The number of aromatic nitrogens is 6. The van der Waals surface area contributed by atoms with E-state index < -0.39 is 11.5 Å². The molecule has 2 aromatic heterocycles. The summed E-state index contributed by atoms with van der Waals surface area (Å²) < 4.78 is 8.80. The molecule has 3 aromatic carbocycles. The lowest BCUT2D eigenvalue weighted by Gasteiger charge is -2.45. The minimum Gasteiger partial charge on any atom is -0.485 e. The molecule has 0 unspecified atom stereocenters. The van der Waals surface area contributed by atoms with Gasteiger partial charge in [-0.2, -0.15) is 0 Å². The number of fused-ring (bicyclic) bond motifs is 2. The maximum Gasteiger partial charge on any atom is 0.181 e. The summed E-state index contributed by atoms with van der Waals surface area (Å²) in [5, 5.41) is 17.3. The Balaban J connectivity index is 1.22. The number of imidazole rings is 1. The summed E-state index contributed by atoms with van der Waals surface area (Å²) in [6.45, 7) is 1.33. The van der Waals surface area contributed by atoms with Crippen molar-refractivity contribution in [2.75, 3.05) is 13.1 Å². The van der Waals surface area contributed by atoms with Crippen molar-refractivity contribution in [3.63, 3.8) is 0 Å². The van der Waals surface area contributed by atoms with E-state index >= 15 is 0 Å². The van der Waals surface area contributed by atoms with Crippen LogP contribution in [0.3, 0.4) is 0 Å². The number of nitrogens with zero attached hydrogens (tertiary/aromatic N) is 5. The van der Waals surface area contributed by atoms with Gasteiger partial charge < -0.3 is 10.1 Å². The maximum atomic E-state index is 14.4. The molecule has 10 nitrogen and oxygen atoms in total. The lowest BCUT2D eigenvalue weighted by atomic mass is 9.70. The Kier molecular flexibility index (Phi) is 5.40. The van der Waals surface area contributed by atoms with Crippen LogP contribution in [0.15, 0.2) is 66.7 Å². The van der Waals surface area contributed by atoms with Crippen LogP contribution >= 0.6 is 0 Å². The Morgan fingerprint density at radius 3 is 2.59 bits per heavy atom. The van der Waals surface area contributed by atoms with Gasteiger partial charge in [0.05, 0.1) is 16.6 Å². The van der Waals surface area contributed by atoms with Crippen LogP contribution in [0.1, 0.15) is 58.1 Å². The number of carbonyl (C=O) groups excluding carboxylic acids is 2. The van der Waals surface area contributed by atoms with Crippen molar-refractivity contribution < 1.29 is 14.3 Å². The second-order valence-corrected chi connectivity index (χ2v) is 11.2. The van der Waals surface area contributed by atoms with Gasteiger partial charge in [-0.15, -0.1) is 5.10 Å². The van der Waals surface area contributed by atoms with Gasteiger partial charge in [-0.25, -0.2) is 10.1 Å². The monoisotopic (exact) mass is 545 g/mol. The lowest BCUT2D eigenvalue weighted by Crippen LogP contribution is -2.58. The van der Waals surface area contributed by atoms with Gasteiger partial charge in [-0.1, -0.05) is 18.2 Å². The average Bonchev–Trinajstić information content (AvgIpc) is 3.56. The molecule has 0 amide bonds. The number of piperidine rings is 1. The topological polar surface area (TPSA) is 128 Å². The second-order valence-electron chi connectivity index (χ2n) is 11.2. The van der Waals surface area contributed by atoms with E-state index in [0.29, 0.717) is 60.1 Å². The van der Waals surface area contributed by atoms with Crippen molar-refractivity contribution in [2.24, 2.45) is 5.92 Å². The molecule has 10 heteroatoms. The van der Waals surface area contributed by atoms with Crippen molar-refractivity contribution >= 4 is 22.6 Å². The number of benzene rings is 3. The van der Waals surface area contributed by atoms with Crippen molar-refractivity contribution in [3.05, 3.63) is 83.7 Å². The first-order valence-electron chi connectivity index (χ1n) is 14.1. The van der Waals surface area contributed by atoms with E-state index in [1.165, 1.54) is 0 Å². The smallest absolute Gasteiger partial charge is 0.181 e. The average molecular weight is 546 g/mol. The molecule has 1 atom stereocenters. The van der Waals surface area contributed by atoms with Crippen LogP contribution in [-0.2, 0) is 0 Å². The number of Topliss-reactive ketones (excluding diaryl/α,β-unsaturated/α-hetero) is 2. The van der Waals surface area contributed by atoms with Gasteiger partial charge >= 0.3 is 0 Å². The van der Waals surface area contributed by atoms with Gasteiger partial charge in [0.2, 0.25) is 0 Å². The standard InChI is InChI=1S/C31H27N7O3/c39-27(19-8-10-24-23(17-19)33-30(18-6-7-18)38(24)21-4-2-1-3-5-21)26-28(40)22-16-20(29-34-36-37-35-29)9-11-25(22)41-31(26)12-14-32-15-13-31/h1-5,8-11,16-18,26,32H,6-7,12-15H2,(H,34,35,36,37)/t26-/m1/s1. The summed E-state index contributed by atoms with van der Waals surface area (Å²) in [5.74, 6) is 0.917. The molecule has 2 fully saturated rings. The predicted molar refractivity (Wildman–Crippen MR) is 150 cm³/mol. The molecule has 5 aromatic rings. The minimum atomic E-state index is -0.975. The van der Waals surface area contributed by atoms with Crippen LogP contribution in [0, 0.1) is 5.92 Å². The van der Waals surface area contributed by atoms with E-state index in [9.17, 15) is 9.59 Å². The Morgan fingerprint density at radius 1 is 1.00 bits per heavy atom. The first-order chi connectivity index (χ1) is 20.1. The van der Waals surface area contributed by atoms with Crippen molar-refractivity contribution in [2.45, 2.75) is 37.2 Å². The van der Waals surface area contributed by atoms with Gasteiger partial charge in [0.15, 0.2) is 17.4 Å². The third kappa shape index (κ3) is 3.89. The molecule has 1 saturated heterocycles. The molecule has 0 radical (unpaired) electrons. The van der Waals surface area contributed by atoms with Crippen LogP contribution in [0.25, 0.3) is 28.1 Å². The van der Waals surface area contributed by atoms with E-state index in [-0.39, 0.29) is 11.6 Å². The molecule has 1 spiro atoms. The molecule has 1 aliphatic carbocycles. The lowest BCUT2D eigenvalue weighted by molar-refractivity contribution is -0.0138. The molecule has 4 heterocycles. The number of hydrogen-bond acceptors (Lipinski definition) is 8. The summed E-state index contributed by atoms with van der Waals surface area (Å²) in [7, 11) is 0. The van der Waals surface area contributed by atoms with Gasteiger partial charge in [0.25, 0.3) is 0 Å². The molecule has 2 aliphatic heterocycles. The molecule has 3 aliphatic rings. The molecule has 0 bridgehead atoms. The quantitative estimate of drug-likeness (QED) is 0.247. The van der Waals surface area contributed by atoms with Gasteiger partial charge in [0, 0.05) is 35.6 Å². The molecule has 2 N–H and O–H groups in total. The van der Waals surface area contributed by atoms with Crippen LogP contribution in [0.2, 0.25) is 0 Å². The number of H-pyrrole nitrogens is 1. The zero-order chi connectivity index (χ0) is 27.6. The molecule has 1 saturated carbocycles. The highest BCUT2D eigenvalue weighted by atomic mass is 16.5. The van der Waals surface area contributed by atoms with E-state index in [0.717, 1.165) is 35.4 Å². The molecular weight excluding hydrogens is 518 g/mol. The van der Waals surface area contributed by atoms with Crippen LogP contribution in [0.4, 0.5) is 0 Å². The highest BCUT2D eigenvalue weighted by molar-refractivity contribution is 6.19. The third-order valence-corrected chi connectivity index (χ3v) is 8.60. The Hall–Kier alpha value is -4.70. The minimum absolute atomic E-state index is 0.235. The Labute approximate surface area is 235 Å². The van der Waals surface area contributed by atoms with Crippen molar-refractivity contribution in [3.8, 4) is 22.8 Å². The number of ketones is 2. The molecule has 41 heavy (non-hydrogen) atoms. The maximum absolute atomic E-state index is 14.4.